The summed E-state index contributed by atoms with van der Waals surface area (Å²) in [5.74, 6) is -1.05. The van der Waals surface area contributed by atoms with E-state index in [4.69, 9.17) is 4.74 Å². The molecule has 0 fully saturated rings. The molecule has 0 amide bonds. The van der Waals surface area contributed by atoms with Crippen molar-refractivity contribution >= 4 is 28.6 Å². The molecule has 1 rings (SSSR count). The van der Waals surface area contributed by atoms with Crippen LogP contribution in [-0.4, -0.2) is 23.9 Å². The number of alkyl halides is 3. The first-order valence-corrected chi connectivity index (χ1v) is 6.37. The van der Waals surface area contributed by atoms with Crippen LogP contribution in [0.2, 0.25) is 0 Å². The first-order valence-electron chi connectivity index (χ1n) is 5.30. The molecule has 0 aliphatic heterocycles. The van der Waals surface area contributed by atoms with Crippen LogP contribution in [0.3, 0.4) is 0 Å². The number of esters is 1. The highest BCUT2D eigenvalue weighted by Gasteiger charge is 2.34. The van der Waals surface area contributed by atoms with Gasteiger partial charge in [-0.25, -0.2) is 0 Å². The average molecular weight is 389 g/mol. The Balaban J connectivity index is 3.13. The van der Waals surface area contributed by atoms with E-state index >= 15 is 0 Å². The Morgan fingerprint density at radius 3 is 2.63 bits per heavy atom. The summed E-state index contributed by atoms with van der Waals surface area (Å²) >= 11 is 1.80. The fourth-order valence-electron chi connectivity index (χ4n) is 1.39. The Hall–Kier alpha value is -1.06. The van der Waals surface area contributed by atoms with Gasteiger partial charge in [-0.05, 0) is 36.4 Å². The number of aromatic nitrogens is 1. The van der Waals surface area contributed by atoms with Gasteiger partial charge in [0.05, 0.1) is 18.7 Å². The van der Waals surface area contributed by atoms with E-state index in [-0.39, 0.29) is 24.3 Å². The highest BCUT2D eigenvalue weighted by molar-refractivity contribution is 14.1. The molecule has 0 aromatic carbocycles. The lowest BCUT2D eigenvalue weighted by atomic mass is 10.1. The van der Waals surface area contributed by atoms with Gasteiger partial charge in [0.25, 0.3) is 0 Å². The molecule has 1 aromatic heterocycles. The summed E-state index contributed by atoms with van der Waals surface area (Å²) < 4.78 is 46.1. The Kier molecular flexibility index (Phi) is 5.39. The highest BCUT2D eigenvalue weighted by Crippen LogP contribution is 2.32. The van der Waals surface area contributed by atoms with Crippen LogP contribution < -0.4 is 4.74 Å². The third kappa shape index (κ3) is 4.84. The number of halogens is 4. The van der Waals surface area contributed by atoms with Gasteiger partial charge in [-0.2, -0.15) is 0 Å². The van der Waals surface area contributed by atoms with Crippen LogP contribution in [-0.2, 0) is 16.0 Å². The van der Waals surface area contributed by atoms with Gasteiger partial charge in [-0.3, -0.25) is 9.78 Å². The van der Waals surface area contributed by atoms with Gasteiger partial charge in [0.1, 0.15) is 0 Å². The number of carbonyl (C=O) groups excluding carboxylic acids is 1. The van der Waals surface area contributed by atoms with E-state index in [0.29, 0.717) is 3.57 Å². The van der Waals surface area contributed by atoms with Crippen molar-refractivity contribution in [2.45, 2.75) is 26.6 Å². The molecule has 1 heterocycles. The Morgan fingerprint density at radius 2 is 2.11 bits per heavy atom. The average Bonchev–Trinajstić information content (AvgIpc) is 2.27. The number of pyridine rings is 1. The van der Waals surface area contributed by atoms with Crippen molar-refractivity contribution in [3.8, 4) is 5.75 Å². The van der Waals surface area contributed by atoms with Crippen LogP contribution in [0.5, 0.6) is 5.75 Å². The lowest BCUT2D eigenvalue weighted by molar-refractivity contribution is -0.275. The second-order valence-corrected chi connectivity index (χ2v) is 4.69. The van der Waals surface area contributed by atoms with Crippen molar-refractivity contribution in [3.05, 3.63) is 21.0 Å². The summed E-state index contributed by atoms with van der Waals surface area (Å²) in [5.41, 5.74) is 0.195. The molecule has 1 aromatic rings. The van der Waals surface area contributed by atoms with Gasteiger partial charge >= 0.3 is 12.3 Å². The summed E-state index contributed by atoms with van der Waals surface area (Å²) in [6.45, 7) is 3.16. The predicted octanol–water partition coefficient (Wildman–Crippen LogP) is 3.00. The van der Waals surface area contributed by atoms with Gasteiger partial charge in [-0.15, -0.1) is 13.2 Å². The van der Waals surface area contributed by atoms with Crippen LogP contribution >= 0.6 is 22.6 Å². The molecule has 0 aliphatic rings. The van der Waals surface area contributed by atoms with Crippen molar-refractivity contribution < 1.29 is 27.4 Å². The normalized spacial score (nSPS) is 11.3. The van der Waals surface area contributed by atoms with Gasteiger partial charge in [0.15, 0.2) is 5.75 Å². The lowest BCUT2D eigenvalue weighted by Crippen LogP contribution is -2.21. The maximum Gasteiger partial charge on any atom is 0.573 e. The van der Waals surface area contributed by atoms with Crippen molar-refractivity contribution in [2.24, 2.45) is 0 Å². The van der Waals surface area contributed by atoms with E-state index < -0.39 is 18.1 Å². The second kappa shape index (κ2) is 6.40. The van der Waals surface area contributed by atoms with E-state index in [2.05, 4.69) is 9.72 Å². The van der Waals surface area contributed by atoms with Crippen molar-refractivity contribution in [2.75, 3.05) is 6.61 Å². The molecule has 4 nitrogen and oxygen atoms in total. The molecule has 0 spiro atoms. The smallest absolute Gasteiger partial charge is 0.466 e. The third-order valence-electron chi connectivity index (χ3n) is 2.11. The van der Waals surface area contributed by atoms with Crippen molar-refractivity contribution in [1.29, 1.82) is 0 Å². The van der Waals surface area contributed by atoms with E-state index in [0.717, 1.165) is 0 Å². The van der Waals surface area contributed by atoms with Crippen LogP contribution in [0, 0.1) is 10.5 Å². The summed E-state index contributed by atoms with van der Waals surface area (Å²) in [7, 11) is 0. The summed E-state index contributed by atoms with van der Waals surface area (Å²) in [5, 5.41) is 0. The standard InChI is InChI=1S/C11H11F3INO3/c1-3-18-9(17)4-7-8(15)5-16-6(2)10(7)19-11(12,13)14/h5H,3-4H2,1-2H3. The van der Waals surface area contributed by atoms with Gasteiger partial charge in [0.2, 0.25) is 0 Å². The third-order valence-corrected chi connectivity index (χ3v) is 3.04. The maximum absolute atomic E-state index is 12.3. The topological polar surface area (TPSA) is 48.4 Å². The SMILES string of the molecule is CCOC(=O)Cc1c(I)cnc(C)c1OC(F)(F)F. The van der Waals surface area contributed by atoms with Gasteiger partial charge < -0.3 is 9.47 Å². The maximum atomic E-state index is 12.3. The van der Waals surface area contributed by atoms with E-state index in [1.54, 1.807) is 29.5 Å². The Labute approximate surface area is 121 Å². The first kappa shape index (κ1) is 16.0. The molecule has 0 aliphatic carbocycles. The minimum absolute atomic E-state index is 0.0667. The molecule has 0 saturated heterocycles. The molecule has 0 unspecified atom stereocenters. The monoisotopic (exact) mass is 389 g/mol. The second-order valence-electron chi connectivity index (χ2n) is 3.53. The minimum atomic E-state index is -4.83. The fourth-order valence-corrected chi connectivity index (χ4v) is 1.96. The van der Waals surface area contributed by atoms with Crippen LogP contribution in [0.1, 0.15) is 18.2 Å². The van der Waals surface area contributed by atoms with Crippen molar-refractivity contribution in [3.63, 3.8) is 0 Å². The number of aryl methyl sites for hydroxylation is 1. The molecule has 0 saturated carbocycles. The van der Waals surface area contributed by atoms with E-state index in [9.17, 15) is 18.0 Å². The van der Waals surface area contributed by atoms with Crippen LogP contribution in [0.15, 0.2) is 6.20 Å². The molecular formula is C11H11F3INO3. The quantitative estimate of drug-likeness (QED) is 0.587. The lowest BCUT2D eigenvalue weighted by Gasteiger charge is -2.16. The summed E-state index contributed by atoms with van der Waals surface area (Å²) in [6, 6.07) is 0. The zero-order valence-electron chi connectivity index (χ0n) is 10.2. The van der Waals surface area contributed by atoms with Crippen molar-refractivity contribution in [1.82, 2.24) is 4.98 Å². The molecular weight excluding hydrogens is 378 g/mol. The van der Waals surface area contributed by atoms with E-state index in [1.165, 1.54) is 13.1 Å². The predicted molar refractivity (Wildman–Crippen MR) is 68.7 cm³/mol. The minimum Gasteiger partial charge on any atom is -0.466 e. The highest BCUT2D eigenvalue weighted by atomic mass is 127. The summed E-state index contributed by atoms with van der Waals surface area (Å²) in [4.78, 5) is 15.2. The number of hydrogen-bond acceptors (Lipinski definition) is 4. The van der Waals surface area contributed by atoms with Gasteiger partial charge in [-0.1, -0.05) is 0 Å². The van der Waals surface area contributed by atoms with Gasteiger partial charge in [0, 0.05) is 15.3 Å². The van der Waals surface area contributed by atoms with Crippen LogP contribution in [0.4, 0.5) is 13.2 Å². The molecule has 0 bridgehead atoms. The fraction of sp³-hybridized carbons (Fsp3) is 0.455. The molecule has 106 valence electrons. The zero-order chi connectivity index (χ0) is 14.6. The number of ether oxygens (including phenoxy) is 2. The first-order chi connectivity index (χ1) is 8.74. The molecule has 19 heavy (non-hydrogen) atoms. The zero-order valence-corrected chi connectivity index (χ0v) is 12.3. The molecule has 8 heteroatoms. The molecule has 0 N–H and O–H groups in total. The number of hydrogen-bond donors (Lipinski definition) is 0. The Bertz CT molecular complexity index is 477. The molecule has 0 atom stereocenters. The number of nitrogens with zero attached hydrogens (tertiary/aromatic N) is 1. The van der Waals surface area contributed by atoms with Crippen LogP contribution in [0.25, 0.3) is 0 Å². The Morgan fingerprint density at radius 1 is 1.47 bits per heavy atom. The van der Waals surface area contributed by atoms with E-state index in [1.807, 2.05) is 0 Å². The summed E-state index contributed by atoms with van der Waals surface area (Å²) in [6.07, 6.45) is -3.74. The molecule has 0 radical (unpaired) electrons. The number of rotatable bonds is 4. The number of carbonyl (C=O) groups is 1. The largest absolute Gasteiger partial charge is 0.573 e.